The molecule has 1 atom stereocenters. The molecule has 31 heavy (non-hydrogen) atoms. The van der Waals surface area contributed by atoms with Gasteiger partial charge in [0.2, 0.25) is 0 Å². The quantitative estimate of drug-likeness (QED) is 0.493. The van der Waals surface area contributed by atoms with Gasteiger partial charge in [-0.3, -0.25) is 0 Å². The Balaban J connectivity index is 1.44. The number of rotatable bonds is 3. The molecule has 3 aliphatic heterocycles. The summed E-state index contributed by atoms with van der Waals surface area (Å²) in [6.45, 7) is 0.549. The number of anilines is 1. The van der Waals surface area contributed by atoms with Crippen LogP contribution in [0.3, 0.4) is 0 Å². The van der Waals surface area contributed by atoms with Gasteiger partial charge in [-0.15, -0.1) is 0 Å². The molecule has 0 saturated heterocycles. The Hall–Kier alpha value is -3.27. The van der Waals surface area contributed by atoms with E-state index in [0.717, 1.165) is 22.4 Å². The second-order valence-electron chi connectivity index (χ2n) is 7.62. The second kappa shape index (κ2) is 6.61. The summed E-state index contributed by atoms with van der Waals surface area (Å²) in [4.78, 5) is 26.8. The molecule has 1 amide bonds. The third-order valence-electron chi connectivity index (χ3n) is 5.99. The number of hydrogen-bond acceptors (Lipinski definition) is 5. The number of benzene rings is 3. The van der Waals surface area contributed by atoms with Gasteiger partial charge in [0.25, 0.3) is 0 Å². The maximum absolute atomic E-state index is 13.9. The molecule has 1 N–H and O–H groups in total. The summed E-state index contributed by atoms with van der Waals surface area (Å²) in [5.74, 6) is 0.920. The number of carbonyl (C=O) groups is 2. The summed E-state index contributed by atoms with van der Waals surface area (Å²) in [5, 5.41) is 9.14. The summed E-state index contributed by atoms with van der Waals surface area (Å²) in [5.41, 5.74) is 2.64. The van der Waals surface area contributed by atoms with Crippen LogP contribution in [0.5, 0.6) is 17.2 Å². The summed E-state index contributed by atoms with van der Waals surface area (Å²) in [6, 6.07) is 18.0. The third kappa shape index (κ3) is 2.57. The van der Waals surface area contributed by atoms with Crippen LogP contribution in [0.4, 0.5) is 5.69 Å². The van der Waals surface area contributed by atoms with Crippen LogP contribution in [0.1, 0.15) is 27.0 Å². The SMILES string of the molecule is O=C(O)c1ccc(CN2C(=O)C3(COc4cc5c(cc43)O[I-]O5)c3ccccc32)cc1. The third-order valence-corrected chi connectivity index (χ3v) is 7.29. The summed E-state index contributed by atoms with van der Waals surface area (Å²) >= 11 is -0.827. The molecule has 0 radical (unpaired) electrons. The number of amides is 1. The van der Waals surface area contributed by atoms with Crippen molar-refractivity contribution in [1.29, 1.82) is 0 Å². The van der Waals surface area contributed by atoms with Gasteiger partial charge < -0.3 is 5.11 Å². The molecular weight excluding hydrogens is 513 g/mol. The number of aromatic carboxylic acids is 1. The summed E-state index contributed by atoms with van der Waals surface area (Å²) in [7, 11) is 0. The van der Waals surface area contributed by atoms with Gasteiger partial charge in [0.05, 0.1) is 0 Å². The van der Waals surface area contributed by atoms with Gasteiger partial charge in [0.15, 0.2) is 0 Å². The van der Waals surface area contributed by atoms with Gasteiger partial charge in [-0.1, -0.05) is 0 Å². The molecule has 3 aromatic carbocycles. The van der Waals surface area contributed by atoms with Crippen LogP contribution in [0.25, 0.3) is 0 Å². The molecule has 0 fully saturated rings. The Bertz CT molecular complexity index is 1260. The standard InChI is InChI=1S/C23H15INO6/c26-21(27)14-7-5-13(6-8-14)11-25-17-4-2-1-3-15(17)23(22(25)28)12-29-18-10-20-19(9-16(18)23)30-24-31-20/h1-10H,11-12H2,(H,26,27)/q-1. The van der Waals surface area contributed by atoms with Crippen LogP contribution < -0.4 is 37.8 Å². The van der Waals surface area contributed by atoms with Gasteiger partial charge >= 0.3 is 179 Å². The molecule has 6 rings (SSSR count). The molecule has 3 aliphatic rings. The average molecular weight is 528 g/mol. The molecule has 0 saturated carbocycles. The zero-order valence-corrected chi connectivity index (χ0v) is 18.2. The normalized spacial score (nSPS) is 20.3. The maximum atomic E-state index is 13.9. The summed E-state index contributed by atoms with van der Waals surface area (Å²) in [6.07, 6.45) is 0. The molecule has 1 spiro atoms. The fraction of sp³-hybridized carbons (Fsp3) is 0.130. The van der Waals surface area contributed by atoms with Crippen molar-refractivity contribution in [3.05, 3.63) is 82.9 Å². The van der Waals surface area contributed by atoms with Crippen molar-refractivity contribution in [3.63, 3.8) is 0 Å². The van der Waals surface area contributed by atoms with Crippen LogP contribution in [0.15, 0.2) is 60.7 Å². The van der Waals surface area contributed by atoms with E-state index in [9.17, 15) is 9.59 Å². The molecule has 1 unspecified atom stereocenters. The van der Waals surface area contributed by atoms with Crippen molar-refractivity contribution in [1.82, 2.24) is 0 Å². The Morgan fingerprint density at radius 3 is 2.52 bits per heavy atom. The van der Waals surface area contributed by atoms with Gasteiger partial charge in [-0.25, -0.2) is 4.79 Å². The van der Waals surface area contributed by atoms with E-state index in [4.69, 9.17) is 16.0 Å². The van der Waals surface area contributed by atoms with Crippen molar-refractivity contribution >= 4 is 17.6 Å². The van der Waals surface area contributed by atoms with Gasteiger partial charge in [-0.2, -0.15) is 0 Å². The number of ether oxygens (including phenoxy) is 1. The fourth-order valence-corrected chi connectivity index (χ4v) is 5.64. The van der Waals surface area contributed by atoms with Crippen LogP contribution in [0.2, 0.25) is 0 Å². The van der Waals surface area contributed by atoms with E-state index < -0.39 is 33.4 Å². The van der Waals surface area contributed by atoms with Crippen LogP contribution in [-0.4, -0.2) is 23.6 Å². The minimum absolute atomic E-state index is 0.0664. The predicted molar refractivity (Wildman–Crippen MR) is 105 cm³/mol. The Morgan fingerprint density at radius 1 is 1.00 bits per heavy atom. The van der Waals surface area contributed by atoms with Crippen molar-refractivity contribution in [2.24, 2.45) is 0 Å². The van der Waals surface area contributed by atoms with Gasteiger partial charge in [0, 0.05) is 0 Å². The zero-order chi connectivity index (χ0) is 21.2. The molecular formula is C23H15INO6-. The van der Waals surface area contributed by atoms with E-state index in [2.05, 4.69) is 0 Å². The number of carbonyl (C=O) groups excluding carboxylic acids is 1. The van der Waals surface area contributed by atoms with E-state index in [1.807, 2.05) is 36.4 Å². The average Bonchev–Trinajstić information content (AvgIpc) is 3.45. The number of hydrogen-bond donors (Lipinski definition) is 1. The Labute approximate surface area is 188 Å². The molecule has 8 heteroatoms. The second-order valence-corrected chi connectivity index (χ2v) is 8.86. The van der Waals surface area contributed by atoms with E-state index in [1.54, 1.807) is 29.2 Å². The van der Waals surface area contributed by atoms with E-state index in [0.29, 0.717) is 23.8 Å². The fourth-order valence-electron chi connectivity index (χ4n) is 4.48. The number of para-hydroxylation sites is 1. The number of carboxylic acids is 1. The first-order valence-corrected chi connectivity index (χ1v) is 11.4. The minimum atomic E-state index is -0.978. The molecule has 0 aliphatic carbocycles. The van der Waals surface area contributed by atoms with E-state index in [1.165, 1.54) is 0 Å². The molecule has 0 bridgehead atoms. The van der Waals surface area contributed by atoms with Crippen molar-refractivity contribution in [3.8, 4) is 17.2 Å². The van der Waals surface area contributed by atoms with Crippen LogP contribution in [0, 0.1) is 0 Å². The van der Waals surface area contributed by atoms with Gasteiger partial charge in [0.1, 0.15) is 0 Å². The number of fused-ring (bicyclic) bond motifs is 5. The molecule has 156 valence electrons. The van der Waals surface area contributed by atoms with Crippen LogP contribution in [-0.2, 0) is 16.8 Å². The molecule has 3 aromatic rings. The monoisotopic (exact) mass is 528 g/mol. The predicted octanol–water partition coefficient (Wildman–Crippen LogP) is 0.300. The van der Waals surface area contributed by atoms with Gasteiger partial charge in [-0.05, 0) is 0 Å². The topological polar surface area (TPSA) is 85.3 Å². The first-order chi connectivity index (χ1) is 15.1. The van der Waals surface area contributed by atoms with Crippen molar-refractivity contribution < 1.29 is 47.6 Å². The first kappa shape index (κ1) is 18.5. The summed E-state index contributed by atoms with van der Waals surface area (Å²) < 4.78 is 17.2. The first-order valence-electron chi connectivity index (χ1n) is 9.62. The van der Waals surface area contributed by atoms with E-state index >= 15 is 0 Å². The molecule has 0 aromatic heterocycles. The molecule has 7 nitrogen and oxygen atoms in total. The van der Waals surface area contributed by atoms with Crippen LogP contribution >= 0.6 is 0 Å². The number of nitrogens with zero attached hydrogens (tertiary/aromatic N) is 1. The molecule has 3 heterocycles. The van der Waals surface area contributed by atoms with E-state index in [-0.39, 0.29) is 18.1 Å². The number of halogens is 1. The zero-order valence-electron chi connectivity index (χ0n) is 16.0. The Morgan fingerprint density at radius 2 is 1.74 bits per heavy atom. The Kier molecular flexibility index (Phi) is 3.95. The van der Waals surface area contributed by atoms with Crippen molar-refractivity contribution in [2.45, 2.75) is 12.0 Å². The number of carboxylic acid groups (broad SMARTS) is 1. The van der Waals surface area contributed by atoms with Crippen molar-refractivity contribution in [2.75, 3.05) is 11.5 Å².